The van der Waals surface area contributed by atoms with Crippen LogP contribution >= 0.6 is 0 Å². The van der Waals surface area contributed by atoms with Crippen LogP contribution in [0.1, 0.15) is 60.8 Å². The minimum Gasteiger partial charge on any atom is -0.478 e. The van der Waals surface area contributed by atoms with Crippen molar-refractivity contribution < 1.29 is 19.5 Å². The van der Waals surface area contributed by atoms with Crippen molar-refractivity contribution in [2.45, 2.75) is 78.9 Å². The highest BCUT2D eigenvalue weighted by atomic mass is 16.4. The molecular formula is C22H39N3O4. The minimum atomic E-state index is -1.00. The van der Waals surface area contributed by atoms with Crippen LogP contribution in [0.3, 0.4) is 0 Å². The summed E-state index contributed by atoms with van der Waals surface area (Å²) >= 11 is 0. The number of likely N-dealkylation sites (N-methyl/N-ethyl adjacent to an activating group) is 2. The molecule has 0 aromatic carbocycles. The van der Waals surface area contributed by atoms with Crippen molar-refractivity contribution in [1.82, 2.24) is 15.1 Å². The summed E-state index contributed by atoms with van der Waals surface area (Å²) in [7, 11) is 3.62. The maximum Gasteiger partial charge on any atom is 0.331 e. The van der Waals surface area contributed by atoms with Gasteiger partial charge in [-0.15, -0.1) is 0 Å². The van der Waals surface area contributed by atoms with Crippen molar-refractivity contribution in [3.63, 3.8) is 0 Å². The molecule has 29 heavy (non-hydrogen) atoms. The Morgan fingerprint density at radius 2 is 1.79 bits per heavy atom. The van der Waals surface area contributed by atoms with E-state index in [1.54, 1.807) is 18.0 Å². The summed E-state index contributed by atoms with van der Waals surface area (Å²) in [5.74, 6) is -1.30. The first-order chi connectivity index (χ1) is 13.3. The van der Waals surface area contributed by atoms with E-state index in [0.29, 0.717) is 0 Å². The zero-order valence-electron chi connectivity index (χ0n) is 19.3. The molecule has 0 aromatic heterocycles. The maximum atomic E-state index is 13.4. The molecule has 1 rings (SSSR count). The van der Waals surface area contributed by atoms with Crippen LogP contribution in [-0.4, -0.2) is 71.5 Å². The number of carboxylic acid groups (broad SMARTS) is 1. The zero-order chi connectivity index (χ0) is 22.5. The van der Waals surface area contributed by atoms with E-state index >= 15 is 0 Å². The molecule has 3 atom stereocenters. The number of nitrogens with one attached hydrogen (secondary N) is 1. The quantitative estimate of drug-likeness (QED) is 0.631. The molecule has 1 fully saturated rings. The fourth-order valence-corrected chi connectivity index (χ4v) is 3.72. The van der Waals surface area contributed by atoms with Gasteiger partial charge in [0.2, 0.25) is 11.8 Å². The molecule has 1 aliphatic heterocycles. The van der Waals surface area contributed by atoms with Gasteiger partial charge in [0, 0.05) is 12.6 Å². The number of carbonyl (C=O) groups is 3. The topological polar surface area (TPSA) is 90.0 Å². The van der Waals surface area contributed by atoms with Gasteiger partial charge in [-0.25, -0.2) is 4.79 Å². The number of rotatable bonds is 7. The highest BCUT2D eigenvalue weighted by Crippen LogP contribution is 2.25. The molecule has 0 saturated carbocycles. The number of hydrogen-bond donors (Lipinski definition) is 2. The zero-order valence-corrected chi connectivity index (χ0v) is 19.3. The number of likely N-dealkylation sites (tertiary alicyclic amines) is 1. The van der Waals surface area contributed by atoms with Gasteiger partial charge in [0.15, 0.2) is 0 Å². The smallest absolute Gasteiger partial charge is 0.331 e. The molecule has 0 bridgehead atoms. The number of nitrogens with zero attached hydrogens (tertiary/aromatic N) is 2. The molecule has 0 spiro atoms. The second kappa shape index (κ2) is 10.2. The first-order valence-corrected chi connectivity index (χ1v) is 10.5. The van der Waals surface area contributed by atoms with E-state index in [0.717, 1.165) is 25.8 Å². The first kappa shape index (κ1) is 25.1. The molecule has 2 amide bonds. The van der Waals surface area contributed by atoms with Crippen LogP contribution in [0.25, 0.3) is 0 Å². The molecule has 166 valence electrons. The molecular weight excluding hydrogens is 370 g/mol. The second-order valence-electron chi connectivity index (χ2n) is 9.64. The Hall–Kier alpha value is -1.89. The lowest BCUT2D eigenvalue weighted by molar-refractivity contribution is -0.141. The predicted molar refractivity (Wildman–Crippen MR) is 114 cm³/mol. The summed E-state index contributed by atoms with van der Waals surface area (Å²) in [5.41, 5.74) is -0.287. The Bertz CT molecular complexity index is 636. The lowest BCUT2D eigenvalue weighted by Crippen LogP contribution is -2.59. The Balaban J connectivity index is 3.10. The van der Waals surface area contributed by atoms with E-state index in [-0.39, 0.29) is 35.4 Å². The Morgan fingerprint density at radius 3 is 2.24 bits per heavy atom. The summed E-state index contributed by atoms with van der Waals surface area (Å²) in [4.78, 5) is 41.2. The largest absolute Gasteiger partial charge is 0.478 e. The van der Waals surface area contributed by atoms with Gasteiger partial charge in [0.1, 0.15) is 6.04 Å². The van der Waals surface area contributed by atoms with Crippen LogP contribution in [0.4, 0.5) is 0 Å². The molecule has 2 unspecified atom stereocenters. The average Bonchev–Trinajstić information content (AvgIpc) is 2.61. The molecule has 1 heterocycles. The summed E-state index contributed by atoms with van der Waals surface area (Å²) in [6.45, 7) is 12.1. The summed E-state index contributed by atoms with van der Waals surface area (Å²) < 4.78 is 0. The van der Waals surface area contributed by atoms with E-state index in [1.165, 1.54) is 6.92 Å². The number of amides is 2. The van der Waals surface area contributed by atoms with Crippen molar-refractivity contribution in [2.75, 3.05) is 20.6 Å². The van der Waals surface area contributed by atoms with Crippen LogP contribution in [0.15, 0.2) is 11.6 Å². The number of aliphatic carboxylic acids is 1. The van der Waals surface area contributed by atoms with Crippen LogP contribution < -0.4 is 5.32 Å². The number of carbonyl (C=O) groups excluding carboxylic acids is 2. The average molecular weight is 410 g/mol. The fraction of sp³-hybridized carbons (Fsp3) is 0.773. The van der Waals surface area contributed by atoms with E-state index in [4.69, 9.17) is 0 Å². The molecule has 2 N–H and O–H groups in total. The molecule has 7 nitrogen and oxygen atoms in total. The van der Waals surface area contributed by atoms with Gasteiger partial charge in [-0.2, -0.15) is 0 Å². The number of piperidine rings is 1. The third kappa shape index (κ3) is 6.84. The van der Waals surface area contributed by atoms with Gasteiger partial charge in [0.05, 0.1) is 12.1 Å². The van der Waals surface area contributed by atoms with E-state index < -0.39 is 17.4 Å². The third-order valence-corrected chi connectivity index (χ3v) is 5.71. The molecule has 0 radical (unpaired) electrons. The maximum absolute atomic E-state index is 13.4. The Morgan fingerprint density at radius 1 is 1.21 bits per heavy atom. The molecule has 7 heteroatoms. The van der Waals surface area contributed by atoms with Gasteiger partial charge in [-0.1, -0.05) is 47.1 Å². The van der Waals surface area contributed by atoms with Gasteiger partial charge in [-0.05, 0) is 44.7 Å². The molecule has 1 aliphatic rings. The van der Waals surface area contributed by atoms with Crippen molar-refractivity contribution in [2.24, 2.45) is 11.3 Å². The summed E-state index contributed by atoms with van der Waals surface area (Å²) in [5, 5.41) is 12.2. The number of hydrogen-bond acceptors (Lipinski definition) is 4. The highest BCUT2D eigenvalue weighted by Gasteiger charge is 2.39. The molecule has 1 saturated heterocycles. The monoisotopic (exact) mass is 409 g/mol. The van der Waals surface area contributed by atoms with E-state index in [2.05, 4.69) is 5.32 Å². The first-order valence-electron chi connectivity index (χ1n) is 10.5. The van der Waals surface area contributed by atoms with Crippen LogP contribution in [0.2, 0.25) is 0 Å². The second-order valence-corrected chi connectivity index (χ2v) is 9.64. The van der Waals surface area contributed by atoms with E-state index in [1.807, 2.05) is 46.6 Å². The lowest BCUT2D eigenvalue weighted by atomic mass is 9.84. The van der Waals surface area contributed by atoms with Crippen molar-refractivity contribution >= 4 is 17.8 Å². The summed E-state index contributed by atoms with van der Waals surface area (Å²) in [6.07, 6.45) is 4.49. The van der Waals surface area contributed by atoms with Gasteiger partial charge in [-0.3, -0.25) is 14.5 Å². The van der Waals surface area contributed by atoms with Crippen molar-refractivity contribution in [1.29, 1.82) is 0 Å². The van der Waals surface area contributed by atoms with Crippen molar-refractivity contribution in [3.8, 4) is 0 Å². The summed E-state index contributed by atoms with van der Waals surface area (Å²) in [6, 6.07) is -1.30. The van der Waals surface area contributed by atoms with Crippen LogP contribution in [-0.2, 0) is 14.4 Å². The van der Waals surface area contributed by atoms with Gasteiger partial charge >= 0.3 is 5.97 Å². The minimum absolute atomic E-state index is 0.0269. The molecule has 0 aromatic rings. The van der Waals surface area contributed by atoms with Crippen LogP contribution in [0.5, 0.6) is 0 Å². The lowest BCUT2D eigenvalue weighted by Gasteiger charge is -2.39. The number of carboxylic acids is 1. The standard InChI is InChI=1S/C22H39N3O4/c1-14(2)17(13-15(3)21(28)29)25(8)20(27)18(22(4,5)6)23-19(26)16-11-9-10-12-24(16)7/h13-14,16-18H,9-12H2,1-8H3,(H,23,26)(H,28,29)/b15-13+/t16?,17-,18?/m0/s1. The van der Waals surface area contributed by atoms with Gasteiger partial charge in [0.25, 0.3) is 0 Å². The van der Waals surface area contributed by atoms with Gasteiger partial charge < -0.3 is 15.3 Å². The fourth-order valence-electron chi connectivity index (χ4n) is 3.72. The Kier molecular flexibility index (Phi) is 8.87. The Labute approximate surface area is 175 Å². The van der Waals surface area contributed by atoms with E-state index in [9.17, 15) is 19.5 Å². The van der Waals surface area contributed by atoms with Crippen LogP contribution in [0, 0.1) is 11.3 Å². The predicted octanol–water partition coefficient (Wildman–Crippen LogP) is 2.52. The van der Waals surface area contributed by atoms with Crippen molar-refractivity contribution in [3.05, 3.63) is 11.6 Å². The normalized spacial score (nSPS) is 20.9. The molecule has 0 aliphatic carbocycles. The third-order valence-electron chi connectivity index (χ3n) is 5.71. The highest BCUT2D eigenvalue weighted by molar-refractivity contribution is 5.91. The SMILES string of the molecule is C/C(=C\[C@@H](C(C)C)N(C)C(=O)C(NC(=O)C1CCCCN1C)C(C)(C)C)C(=O)O.